The van der Waals surface area contributed by atoms with E-state index in [-0.39, 0.29) is 11.6 Å². The fraction of sp³-hybridized carbons (Fsp3) is 1.00. The van der Waals surface area contributed by atoms with Crippen LogP contribution in [0.2, 0.25) is 0 Å². The van der Waals surface area contributed by atoms with Gasteiger partial charge in [-0.25, -0.2) is 0 Å². The average molecular weight is 255 g/mol. The number of rotatable bonds is 6. The van der Waals surface area contributed by atoms with Gasteiger partial charge in [0.25, 0.3) is 0 Å². The smallest absolute Gasteiger partial charge is 0.0526 e. The minimum atomic E-state index is -0.249. The van der Waals surface area contributed by atoms with E-state index in [2.05, 4.69) is 24.1 Å². The largest absolute Gasteiger partial charge is 0.393 e. The van der Waals surface area contributed by atoms with E-state index < -0.39 is 0 Å². The summed E-state index contributed by atoms with van der Waals surface area (Å²) in [6.45, 7) is 8.07. The molecule has 4 unspecified atom stereocenters. The Morgan fingerprint density at radius 1 is 1.44 bits per heavy atom. The highest BCUT2D eigenvalue weighted by Gasteiger charge is 2.46. The van der Waals surface area contributed by atoms with E-state index in [0.717, 1.165) is 25.4 Å². The van der Waals surface area contributed by atoms with Crippen LogP contribution in [0.15, 0.2) is 0 Å². The summed E-state index contributed by atoms with van der Waals surface area (Å²) in [6, 6.07) is 1.76. The van der Waals surface area contributed by atoms with Crippen molar-refractivity contribution in [3.8, 4) is 0 Å². The number of hydrogen-bond acceptors (Lipinski definition) is 4. The summed E-state index contributed by atoms with van der Waals surface area (Å²) in [5.74, 6) is 0. The molecule has 0 aromatic heterocycles. The van der Waals surface area contributed by atoms with Crippen LogP contribution in [-0.4, -0.2) is 52.9 Å². The summed E-state index contributed by atoms with van der Waals surface area (Å²) >= 11 is 0. The molecule has 2 aliphatic rings. The van der Waals surface area contributed by atoms with Crippen molar-refractivity contribution in [2.45, 2.75) is 76.2 Å². The Morgan fingerprint density at radius 3 is 2.61 bits per heavy atom. The van der Waals surface area contributed by atoms with Crippen LogP contribution in [0.1, 0.15) is 46.5 Å². The van der Waals surface area contributed by atoms with E-state index in [1.165, 1.54) is 12.8 Å². The summed E-state index contributed by atoms with van der Waals surface area (Å²) in [5.41, 5.74) is 6.09. The van der Waals surface area contributed by atoms with Crippen molar-refractivity contribution in [3.63, 3.8) is 0 Å². The first kappa shape index (κ1) is 14.3. The monoisotopic (exact) mass is 255 g/mol. The fourth-order valence-corrected chi connectivity index (χ4v) is 3.55. The van der Waals surface area contributed by atoms with Gasteiger partial charge in [0.2, 0.25) is 0 Å². The molecule has 1 saturated carbocycles. The highest BCUT2D eigenvalue weighted by Crippen LogP contribution is 2.37. The van der Waals surface area contributed by atoms with Gasteiger partial charge < -0.3 is 16.2 Å². The van der Waals surface area contributed by atoms with E-state index in [4.69, 9.17) is 5.73 Å². The second-order valence-electron chi connectivity index (χ2n) is 6.57. The molecule has 0 aromatic carbocycles. The van der Waals surface area contributed by atoms with Crippen molar-refractivity contribution in [1.82, 2.24) is 10.2 Å². The average Bonchev–Trinajstić information content (AvgIpc) is 3.04. The number of nitrogens with one attached hydrogen (secondary N) is 1. The van der Waals surface area contributed by atoms with Crippen LogP contribution in [-0.2, 0) is 0 Å². The molecule has 2 fully saturated rings. The number of nitrogens with two attached hydrogens (primary N) is 1. The number of likely N-dealkylation sites (tertiary alicyclic amines) is 1. The van der Waals surface area contributed by atoms with Crippen molar-refractivity contribution in [2.24, 2.45) is 5.73 Å². The Bertz CT molecular complexity index is 280. The van der Waals surface area contributed by atoms with Crippen LogP contribution in [0, 0.1) is 0 Å². The Hall–Kier alpha value is -0.160. The Morgan fingerprint density at radius 2 is 2.11 bits per heavy atom. The van der Waals surface area contributed by atoms with Gasteiger partial charge in [-0.1, -0.05) is 0 Å². The predicted octanol–water partition coefficient (Wildman–Crippen LogP) is 0.690. The zero-order valence-corrected chi connectivity index (χ0v) is 12.0. The lowest BCUT2D eigenvalue weighted by molar-refractivity contribution is 0.158. The van der Waals surface area contributed by atoms with Crippen LogP contribution in [0.4, 0.5) is 0 Å². The Kier molecular flexibility index (Phi) is 4.32. The van der Waals surface area contributed by atoms with E-state index in [1.807, 2.05) is 6.92 Å². The molecule has 106 valence electrons. The molecule has 1 saturated heterocycles. The lowest BCUT2D eigenvalue weighted by Gasteiger charge is -2.33. The van der Waals surface area contributed by atoms with Crippen molar-refractivity contribution in [2.75, 3.05) is 13.1 Å². The van der Waals surface area contributed by atoms with Crippen molar-refractivity contribution in [3.05, 3.63) is 0 Å². The highest BCUT2D eigenvalue weighted by atomic mass is 16.3. The quantitative estimate of drug-likeness (QED) is 0.653. The van der Waals surface area contributed by atoms with Gasteiger partial charge in [-0.05, 0) is 46.5 Å². The number of hydrogen-bond donors (Lipinski definition) is 3. The zero-order valence-electron chi connectivity index (χ0n) is 12.0. The summed E-state index contributed by atoms with van der Waals surface area (Å²) in [4.78, 5) is 2.62. The molecule has 18 heavy (non-hydrogen) atoms. The van der Waals surface area contributed by atoms with E-state index in [1.54, 1.807) is 0 Å². The second-order valence-corrected chi connectivity index (χ2v) is 6.57. The van der Waals surface area contributed by atoms with Crippen LogP contribution >= 0.6 is 0 Å². The standard InChI is InChI=1S/C14H29N3O/c1-10(6-12(3)18)16-14(8-15)7-11(2)17(9-14)13-4-5-13/h10-13,16,18H,4-9,15H2,1-3H3. The third kappa shape index (κ3) is 3.23. The van der Waals surface area contributed by atoms with Gasteiger partial charge in [-0.3, -0.25) is 4.90 Å². The molecule has 1 heterocycles. The predicted molar refractivity (Wildman–Crippen MR) is 74.5 cm³/mol. The molecule has 0 amide bonds. The summed E-state index contributed by atoms with van der Waals surface area (Å²) in [7, 11) is 0. The lowest BCUT2D eigenvalue weighted by atomic mass is 9.94. The first-order chi connectivity index (χ1) is 8.46. The molecule has 4 N–H and O–H groups in total. The third-order valence-corrected chi connectivity index (χ3v) is 4.39. The Balaban J connectivity index is 1.94. The zero-order chi connectivity index (χ0) is 13.3. The molecule has 1 aliphatic heterocycles. The molecular formula is C14H29N3O. The van der Waals surface area contributed by atoms with Gasteiger partial charge in [0.15, 0.2) is 0 Å². The van der Waals surface area contributed by atoms with Crippen LogP contribution < -0.4 is 11.1 Å². The maximum Gasteiger partial charge on any atom is 0.0526 e. The first-order valence-corrected chi connectivity index (χ1v) is 7.37. The molecule has 0 spiro atoms. The molecular weight excluding hydrogens is 226 g/mol. The molecule has 4 heteroatoms. The van der Waals surface area contributed by atoms with E-state index in [0.29, 0.717) is 18.6 Å². The number of aliphatic hydroxyl groups excluding tert-OH is 1. The summed E-state index contributed by atoms with van der Waals surface area (Å²) in [5, 5.41) is 13.2. The number of aliphatic hydroxyl groups is 1. The maximum atomic E-state index is 9.47. The molecule has 4 nitrogen and oxygen atoms in total. The molecule has 1 aliphatic carbocycles. The van der Waals surface area contributed by atoms with E-state index in [9.17, 15) is 5.11 Å². The number of nitrogens with zero attached hydrogens (tertiary/aromatic N) is 1. The normalized spacial score (nSPS) is 36.8. The van der Waals surface area contributed by atoms with Gasteiger partial charge in [0.1, 0.15) is 0 Å². The van der Waals surface area contributed by atoms with Crippen molar-refractivity contribution >= 4 is 0 Å². The lowest BCUT2D eigenvalue weighted by Crippen LogP contribution is -2.56. The van der Waals surface area contributed by atoms with E-state index >= 15 is 0 Å². The van der Waals surface area contributed by atoms with Crippen LogP contribution in [0.5, 0.6) is 0 Å². The fourth-order valence-electron chi connectivity index (χ4n) is 3.55. The molecule has 4 atom stereocenters. The van der Waals surface area contributed by atoms with Crippen LogP contribution in [0.3, 0.4) is 0 Å². The van der Waals surface area contributed by atoms with Crippen molar-refractivity contribution < 1.29 is 5.11 Å². The second kappa shape index (κ2) is 5.45. The van der Waals surface area contributed by atoms with Gasteiger partial charge in [0, 0.05) is 36.8 Å². The third-order valence-electron chi connectivity index (χ3n) is 4.39. The topological polar surface area (TPSA) is 61.5 Å². The minimum absolute atomic E-state index is 0.0519. The molecule has 0 aromatic rings. The van der Waals surface area contributed by atoms with Gasteiger partial charge in [-0.2, -0.15) is 0 Å². The van der Waals surface area contributed by atoms with Crippen molar-refractivity contribution in [1.29, 1.82) is 0 Å². The molecule has 0 radical (unpaired) electrons. The highest BCUT2D eigenvalue weighted by molar-refractivity contribution is 5.06. The van der Waals surface area contributed by atoms with Gasteiger partial charge >= 0.3 is 0 Å². The maximum absolute atomic E-state index is 9.47. The summed E-state index contributed by atoms with van der Waals surface area (Å²) < 4.78 is 0. The van der Waals surface area contributed by atoms with Crippen LogP contribution in [0.25, 0.3) is 0 Å². The van der Waals surface area contributed by atoms with Gasteiger partial charge in [0.05, 0.1) is 6.10 Å². The SMILES string of the molecule is CC(O)CC(C)NC1(CN)CC(C)N(C2CC2)C1. The Labute approximate surface area is 111 Å². The van der Waals surface area contributed by atoms with Gasteiger partial charge in [-0.15, -0.1) is 0 Å². The first-order valence-electron chi connectivity index (χ1n) is 7.37. The summed E-state index contributed by atoms with van der Waals surface area (Å²) in [6.07, 6.45) is 4.38. The molecule has 0 bridgehead atoms. The molecule has 2 rings (SSSR count). The minimum Gasteiger partial charge on any atom is -0.393 e.